The number of rotatable bonds is 2. The van der Waals surface area contributed by atoms with Crippen LogP contribution in [0.3, 0.4) is 0 Å². The third-order valence-corrected chi connectivity index (χ3v) is 3.85. The molecule has 2 atom stereocenters. The number of cyclic esters (lactones) is 1. The van der Waals surface area contributed by atoms with Crippen molar-refractivity contribution < 1.29 is 19.1 Å². The van der Waals surface area contributed by atoms with Crippen molar-refractivity contribution in [3.05, 3.63) is 71.8 Å². The second-order valence-corrected chi connectivity index (χ2v) is 6.92. The second kappa shape index (κ2) is 6.59. The van der Waals surface area contributed by atoms with Crippen LogP contribution in [0.1, 0.15) is 44.0 Å². The summed E-state index contributed by atoms with van der Waals surface area (Å²) in [7, 11) is 0. The summed E-state index contributed by atoms with van der Waals surface area (Å²) >= 11 is 0. The van der Waals surface area contributed by atoms with E-state index in [9.17, 15) is 9.59 Å². The average Bonchev–Trinajstić information content (AvgIpc) is 2.92. The summed E-state index contributed by atoms with van der Waals surface area (Å²) in [4.78, 5) is 26.2. The van der Waals surface area contributed by atoms with Crippen LogP contribution in [-0.4, -0.2) is 22.7 Å². The topological polar surface area (TPSA) is 55.8 Å². The van der Waals surface area contributed by atoms with E-state index in [-0.39, 0.29) is 0 Å². The van der Waals surface area contributed by atoms with Gasteiger partial charge in [0, 0.05) is 0 Å². The molecule has 1 saturated heterocycles. The standard InChI is InChI=1S/C20H21NO4/c1-20(2,3)25-19(23)21-16(14-10-6-4-7-11-14)17(24-18(21)22)15-12-8-5-9-13-15/h4-13,16-17H,1-3H3/t16-,17-/m0/s1. The number of hydrogen-bond acceptors (Lipinski definition) is 4. The fraction of sp³-hybridized carbons (Fsp3) is 0.300. The maximum Gasteiger partial charge on any atom is 0.420 e. The van der Waals surface area contributed by atoms with Gasteiger partial charge in [-0.25, -0.2) is 14.5 Å². The molecule has 0 aromatic heterocycles. The highest BCUT2D eigenvalue weighted by Gasteiger charge is 2.48. The monoisotopic (exact) mass is 339 g/mol. The molecular formula is C20H21NO4. The summed E-state index contributed by atoms with van der Waals surface area (Å²) in [5.41, 5.74) is 0.938. The molecule has 130 valence electrons. The molecule has 0 unspecified atom stereocenters. The summed E-state index contributed by atoms with van der Waals surface area (Å²) in [5.74, 6) is 0. The first-order chi connectivity index (χ1) is 11.9. The largest absolute Gasteiger partial charge is 0.443 e. The molecule has 2 aromatic rings. The van der Waals surface area contributed by atoms with Crippen molar-refractivity contribution in [1.29, 1.82) is 0 Å². The van der Waals surface area contributed by atoms with Gasteiger partial charge in [0.2, 0.25) is 0 Å². The van der Waals surface area contributed by atoms with Crippen molar-refractivity contribution in [2.24, 2.45) is 0 Å². The number of imide groups is 1. The highest BCUT2D eigenvalue weighted by Crippen LogP contribution is 2.43. The number of carbonyl (C=O) groups excluding carboxylic acids is 2. The first kappa shape index (κ1) is 17.0. The van der Waals surface area contributed by atoms with Crippen LogP contribution >= 0.6 is 0 Å². The number of carbonyl (C=O) groups is 2. The Morgan fingerprint density at radius 3 is 2.00 bits per heavy atom. The van der Waals surface area contributed by atoms with Gasteiger partial charge in [-0.15, -0.1) is 0 Å². The predicted molar refractivity (Wildman–Crippen MR) is 92.9 cm³/mol. The molecule has 1 aliphatic heterocycles. The van der Waals surface area contributed by atoms with E-state index in [2.05, 4.69) is 0 Å². The Labute approximate surface area is 147 Å². The average molecular weight is 339 g/mol. The Morgan fingerprint density at radius 1 is 0.960 bits per heavy atom. The quantitative estimate of drug-likeness (QED) is 0.784. The van der Waals surface area contributed by atoms with E-state index in [0.717, 1.165) is 16.0 Å². The Kier molecular flexibility index (Phi) is 4.49. The first-order valence-electron chi connectivity index (χ1n) is 8.19. The molecule has 2 aromatic carbocycles. The molecular weight excluding hydrogens is 318 g/mol. The zero-order chi connectivity index (χ0) is 18.0. The molecule has 0 N–H and O–H groups in total. The van der Waals surface area contributed by atoms with Crippen molar-refractivity contribution in [2.75, 3.05) is 0 Å². The molecule has 0 spiro atoms. The minimum absolute atomic E-state index is 0.578. The first-order valence-corrected chi connectivity index (χ1v) is 8.19. The van der Waals surface area contributed by atoms with Gasteiger partial charge in [0.1, 0.15) is 11.6 Å². The van der Waals surface area contributed by atoms with E-state index < -0.39 is 29.9 Å². The summed E-state index contributed by atoms with van der Waals surface area (Å²) in [6.45, 7) is 5.29. The van der Waals surface area contributed by atoms with Crippen LogP contribution < -0.4 is 0 Å². The molecule has 1 aliphatic rings. The highest BCUT2D eigenvalue weighted by molar-refractivity contribution is 5.90. The molecule has 25 heavy (non-hydrogen) atoms. The Balaban J connectivity index is 2.01. The minimum atomic E-state index is -0.705. The van der Waals surface area contributed by atoms with Crippen molar-refractivity contribution in [3.63, 3.8) is 0 Å². The van der Waals surface area contributed by atoms with Gasteiger partial charge in [-0.05, 0) is 31.9 Å². The molecule has 0 bridgehead atoms. The lowest BCUT2D eigenvalue weighted by atomic mass is 9.96. The predicted octanol–water partition coefficient (Wildman–Crippen LogP) is 4.86. The van der Waals surface area contributed by atoms with Gasteiger partial charge in [0.25, 0.3) is 0 Å². The van der Waals surface area contributed by atoms with Crippen molar-refractivity contribution in [3.8, 4) is 0 Å². The van der Waals surface area contributed by atoms with Gasteiger partial charge < -0.3 is 9.47 Å². The van der Waals surface area contributed by atoms with Crippen molar-refractivity contribution in [2.45, 2.75) is 38.5 Å². The third-order valence-electron chi connectivity index (χ3n) is 3.85. The Morgan fingerprint density at radius 2 is 1.48 bits per heavy atom. The van der Waals surface area contributed by atoms with Gasteiger partial charge in [0.15, 0.2) is 6.10 Å². The summed E-state index contributed by atoms with van der Waals surface area (Å²) in [6.07, 6.45) is -1.98. The molecule has 0 saturated carbocycles. The van der Waals surface area contributed by atoms with Gasteiger partial charge in [0.05, 0.1) is 0 Å². The molecule has 0 aliphatic carbocycles. The molecule has 2 amide bonds. The highest BCUT2D eigenvalue weighted by atomic mass is 16.6. The zero-order valence-corrected chi connectivity index (χ0v) is 14.5. The molecule has 3 rings (SSSR count). The SMILES string of the molecule is CC(C)(C)OC(=O)N1C(=O)O[C@@H](c2ccccc2)[C@@H]1c1ccccc1. The number of nitrogens with zero attached hydrogens (tertiary/aromatic N) is 1. The summed E-state index contributed by atoms with van der Waals surface area (Å²) < 4.78 is 11.0. The van der Waals surface area contributed by atoms with E-state index >= 15 is 0 Å². The lowest BCUT2D eigenvalue weighted by Crippen LogP contribution is -2.39. The van der Waals surface area contributed by atoms with Crippen LogP contribution in [-0.2, 0) is 9.47 Å². The van der Waals surface area contributed by atoms with Crippen LogP contribution in [0.25, 0.3) is 0 Å². The lowest BCUT2D eigenvalue weighted by Gasteiger charge is -2.27. The lowest BCUT2D eigenvalue weighted by molar-refractivity contribution is 0.0285. The Hall–Kier alpha value is -2.82. The van der Waals surface area contributed by atoms with E-state index in [0.29, 0.717) is 0 Å². The van der Waals surface area contributed by atoms with Gasteiger partial charge in [-0.1, -0.05) is 60.7 Å². The molecule has 1 fully saturated rings. The van der Waals surface area contributed by atoms with E-state index in [1.54, 1.807) is 20.8 Å². The van der Waals surface area contributed by atoms with Gasteiger partial charge in [-0.3, -0.25) is 0 Å². The number of benzene rings is 2. The third kappa shape index (κ3) is 3.65. The van der Waals surface area contributed by atoms with Crippen LogP contribution in [0.2, 0.25) is 0 Å². The Bertz CT molecular complexity index is 752. The van der Waals surface area contributed by atoms with E-state index in [1.807, 2.05) is 60.7 Å². The van der Waals surface area contributed by atoms with E-state index in [1.165, 1.54) is 0 Å². The zero-order valence-electron chi connectivity index (χ0n) is 14.5. The van der Waals surface area contributed by atoms with Crippen molar-refractivity contribution >= 4 is 12.2 Å². The number of ether oxygens (including phenoxy) is 2. The van der Waals surface area contributed by atoms with Crippen LogP contribution in [0.4, 0.5) is 9.59 Å². The van der Waals surface area contributed by atoms with Crippen molar-refractivity contribution in [1.82, 2.24) is 4.90 Å². The molecule has 5 nitrogen and oxygen atoms in total. The van der Waals surface area contributed by atoms with Crippen LogP contribution in [0, 0.1) is 0 Å². The van der Waals surface area contributed by atoms with Gasteiger partial charge >= 0.3 is 12.2 Å². The smallest absolute Gasteiger partial charge is 0.420 e. The molecule has 1 heterocycles. The van der Waals surface area contributed by atoms with Crippen LogP contribution in [0.15, 0.2) is 60.7 Å². The second-order valence-electron chi connectivity index (χ2n) is 6.92. The molecule has 5 heteroatoms. The van der Waals surface area contributed by atoms with Crippen LogP contribution in [0.5, 0.6) is 0 Å². The maximum atomic E-state index is 12.6. The number of amides is 2. The fourth-order valence-electron chi connectivity index (χ4n) is 2.85. The maximum absolute atomic E-state index is 12.6. The van der Waals surface area contributed by atoms with Gasteiger partial charge in [-0.2, -0.15) is 0 Å². The normalized spacial score (nSPS) is 20.3. The minimum Gasteiger partial charge on any atom is -0.443 e. The molecule has 0 radical (unpaired) electrons. The summed E-state index contributed by atoms with van der Waals surface area (Å²) in [5, 5.41) is 0. The van der Waals surface area contributed by atoms with E-state index in [4.69, 9.17) is 9.47 Å². The fourth-order valence-corrected chi connectivity index (χ4v) is 2.85. The number of hydrogen-bond donors (Lipinski definition) is 0. The summed E-state index contributed by atoms with van der Waals surface area (Å²) in [6, 6.07) is 18.2.